The molecule has 2 aromatic carbocycles. The number of para-hydroxylation sites is 2. The van der Waals surface area contributed by atoms with Gasteiger partial charge in [-0.1, -0.05) is 41.4 Å². The Kier molecular flexibility index (Phi) is 5.37. The molecule has 1 amide bonds. The summed E-state index contributed by atoms with van der Waals surface area (Å²) in [7, 11) is 0. The van der Waals surface area contributed by atoms with Crippen molar-refractivity contribution in [2.45, 2.75) is 13.0 Å². The van der Waals surface area contributed by atoms with E-state index >= 15 is 0 Å². The smallest absolute Gasteiger partial charge is 0.286 e. The Labute approximate surface area is 171 Å². The van der Waals surface area contributed by atoms with Gasteiger partial charge in [0, 0.05) is 28.6 Å². The Hall–Kier alpha value is -2.76. The fourth-order valence-electron chi connectivity index (χ4n) is 3.12. The molecule has 28 heavy (non-hydrogen) atoms. The first-order valence-corrected chi connectivity index (χ1v) is 9.58. The minimum atomic E-state index is -0.248. The summed E-state index contributed by atoms with van der Waals surface area (Å²) in [5.41, 5.74) is 2.72. The Morgan fingerprint density at radius 2 is 1.82 bits per heavy atom. The van der Waals surface area contributed by atoms with Crippen LogP contribution < -0.4 is 5.32 Å². The summed E-state index contributed by atoms with van der Waals surface area (Å²) in [4.78, 5) is 16.8. The van der Waals surface area contributed by atoms with Gasteiger partial charge in [0.2, 0.25) is 0 Å². The average Bonchev–Trinajstić information content (AvgIpc) is 3.33. The monoisotopic (exact) mass is 413 g/mol. The van der Waals surface area contributed by atoms with E-state index in [1.165, 1.54) is 6.26 Å². The molecule has 2 heterocycles. The standard InChI is InChI=1S/C21H17Cl2N3O2/c22-15-5-3-6-16(23)14(15)13-26-18-8-2-1-7-17(18)25-20(26)10-11-24-21(27)19-9-4-12-28-19/h1-9,12H,10-11,13H2,(H,24,27). The predicted molar refractivity (Wildman–Crippen MR) is 110 cm³/mol. The molecule has 4 rings (SSSR count). The van der Waals surface area contributed by atoms with E-state index in [1.54, 1.807) is 12.1 Å². The minimum Gasteiger partial charge on any atom is -0.459 e. The molecule has 0 bridgehead atoms. The third-order valence-corrected chi connectivity index (χ3v) is 5.20. The Bertz CT molecular complexity index is 1100. The molecular formula is C21H17Cl2N3O2. The molecule has 0 aliphatic carbocycles. The van der Waals surface area contributed by atoms with Crippen LogP contribution in [0.3, 0.4) is 0 Å². The van der Waals surface area contributed by atoms with E-state index in [0.29, 0.717) is 29.6 Å². The molecule has 2 aromatic heterocycles. The lowest BCUT2D eigenvalue weighted by Gasteiger charge is -2.12. The number of nitrogens with one attached hydrogen (secondary N) is 1. The van der Waals surface area contributed by atoms with E-state index in [0.717, 1.165) is 22.4 Å². The van der Waals surface area contributed by atoms with Crippen molar-refractivity contribution in [3.63, 3.8) is 0 Å². The van der Waals surface area contributed by atoms with Gasteiger partial charge in [-0.05, 0) is 36.4 Å². The van der Waals surface area contributed by atoms with Gasteiger partial charge in [-0.15, -0.1) is 0 Å². The van der Waals surface area contributed by atoms with Crippen molar-refractivity contribution in [2.24, 2.45) is 0 Å². The number of fused-ring (bicyclic) bond motifs is 1. The minimum absolute atomic E-state index is 0.248. The SMILES string of the molecule is O=C(NCCc1nc2ccccc2n1Cc1c(Cl)cccc1Cl)c1ccco1. The molecule has 0 saturated carbocycles. The van der Waals surface area contributed by atoms with E-state index in [1.807, 2.05) is 42.5 Å². The third-order valence-electron chi connectivity index (χ3n) is 4.49. The van der Waals surface area contributed by atoms with Crippen LogP contribution in [0.1, 0.15) is 21.9 Å². The van der Waals surface area contributed by atoms with E-state index in [9.17, 15) is 4.79 Å². The second-order valence-electron chi connectivity index (χ2n) is 6.29. The zero-order valence-corrected chi connectivity index (χ0v) is 16.4. The first kappa shape index (κ1) is 18.6. The van der Waals surface area contributed by atoms with Gasteiger partial charge in [0.1, 0.15) is 5.82 Å². The van der Waals surface area contributed by atoms with E-state index in [2.05, 4.69) is 9.88 Å². The zero-order valence-electron chi connectivity index (χ0n) is 14.9. The topological polar surface area (TPSA) is 60.1 Å². The van der Waals surface area contributed by atoms with Crippen LogP contribution in [0.25, 0.3) is 11.0 Å². The molecule has 4 aromatic rings. The average molecular weight is 414 g/mol. The number of carbonyl (C=O) groups excluding carboxylic acids is 1. The summed E-state index contributed by atoms with van der Waals surface area (Å²) in [5, 5.41) is 4.08. The van der Waals surface area contributed by atoms with E-state index < -0.39 is 0 Å². The highest BCUT2D eigenvalue weighted by atomic mass is 35.5. The summed E-state index contributed by atoms with van der Waals surface area (Å²) in [6, 6.07) is 16.7. The number of benzene rings is 2. The number of nitrogens with zero attached hydrogens (tertiary/aromatic N) is 2. The highest BCUT2D eigenvalue weighted by molar-refractivity contribution is 6.36. The van der Waals surface area contributed by atoms with Crippen molar-refractivity contribution in [3.05, 3.63) is 88.1 Å². The largest absolute Gasteiger partial charge is 0.459 e. The quantitative estimate of drug-likeness (QED) is 0.485. The van der Waals surface area contributed by atoms with Crippen LogP contribution in [0.4, 0.5) is 0 Å². The van der Waals surface area contributed by atoms with Crippen molar-refractivity contribution in [1.29, 1.82) is 0 Å². The van der Waals surface area contributed by atoms with Gasteiger partial charge in [-0.2, -0.15) is 0 Å². The van der Waals surface area contributed by atoms with Gasteiger partial charge in [0.05, 0.1) is 23.8 Å². The van der Waals surface area contributed by atoms with Gasteiger partial charge in [0.25, 0.3) is 5.91 Å². The van der Waals surface area contributed by atoms with Gasteiger partial charge < -0.3 is 14.3 Å². The molecule has 7 heteroatoms. The van der Waals surface area contributed by atoms with Gasteiger partial charge >= 0.3 is 0 Å². The van der Waals surface area contributed by atoms with Crippen molar-refractivity contribution in [2.75, 3.05) is 6.54 Å². The fraction of sp³-hybridized carbons (Fsp3) is 0.143. The Morgan fingerprint density at radius 3 is 2.57 bits per heavy atom. The highest BCUT2D eigenvalue weighted by Crippen LogP contribution is 2.27. The molecular weight excluding hydrogens is 397 g/mol. The Morgan fingerprint density at radius 1 is 1.04 bits per heavy atom. The lowest BCUT2D eigenvalue weighted by atomic mass is 10.2. The maximum Gasteiger partial charge on any atom is 0.286 e. The van der Waals surface area contributed by atoms with E-state index in [-0.39, 0.29) is 11.7 Å². The molecule has 0 fully saturated rings. The maximum atomic E-state index is 12.1. The van der Waals surface area contributed by atoms with Crippen LogP contribution >= 0.6 is 23.2 Å². The highest BCUT2D eigenvalue weighted by Gasteiger charge is 2.15. The molecule has 0 unspecified atom stereocenters. The summed E-state index contributed by atoms with van der Waals surface area (Å²) in [6.45, 7) is 0.930. The zero-order chi connectivity index (χ0) is 19.5. The summed E-state index contributed by atoms with van der Waals surface area (Å²) in [6.07, 6.45) is 2.03. The van der Waals surface area contributed by atoms with Crippen LogP contribution in [0.2, 0.25) is 10.0 Å². The fourth-order valence-corrected chi connectivity index (χ4v) is 3.63. The number of rotatable bonds is 6. The lowest BCUT2D eigenvalue weighted by molar-refractivity contribution is 0.0926. The number of amides is 1. The second kappa shape index (κ2) is 8.09. The van der Waals surface area contributed by atoms with Gasteiger partial charge in [0.15, 0.2) is 5.76 Å². The molecule has 0 atom stereocenters. The molecule has 0 saturated heterocycles. The Balaban J connectivity index is 1.59. The number of imidazole rings is 1. The molecule has 142 valence electrons. The summed E-state index contributed by atoms with van der Waals surface area (Å²) in [5.74, 6) is 0.884. The number of halogens is 2. The van der Waals surface area contributed by atoms with Crippen molar-refractivity contribution >= 4 is 40.1 Å². The normalized spacial score (nSPS) is 11.1. The first-order chi connectivity index (χ1) is 13.6. The third kappa shape index (κ3) is 3.77. The molecule has 0 aliphatic heterocycles. The number of carbonyl (C=O) groups is 1. The van der Waals surface area contributed by atoms with E-state index in [4.69, 9.17) is 32.6 Å². The summed E-state index contributed by atoms with van der Waals surface area (Å²) < 4.78 is 7.20. The number of hydrogen-bond donors (Lipinski definition) is 1. The van der Waals surface area contributed by atoms with Crippen LogP contribution in [0.15, 0.2) is 65.3 Å². The van der Waals surface area contributed by atoms with Crippen molar-refractivity contribution in [1.82, 2.24) is 14.9 Å². The lowest BCUT2D eigenvalue weighted by Crippen LogP contribution is -2.26. The van der Waals surface area contributed by atoms with Crippen molar-refractivity contribution in [3.8, 4) is 0 Å². The van der Waals surface area contributed by atoms with Crippen LogP contribution in [-0.2, 0) is 13.0 Å². The van der Waals surface area contributed by atoms with Gasteiger partial charge in [-0.25, -0.2) is 4.98 Å². The number of hydrogen-bond acceptors (Lipinski definition) is 3. The molecule has 0 aliphatic rings. The first-order valence-electron chi connectivity index (χ1n) is 8.82. The van der Waals surface area contributed by atoms with Crippen molar-refractivity contribution < 1.29 is 9.21 Å². The second-order valence-corrected chi connectivity index (χ2v) is 7.10. The number of aromatic nitrogens is 2. The molecule has 0 radical (unpaired) electrons. The number of furan rings is 1. The predicted octanol–water partition coefficient (Wildman–Crippen LogP) is 4.96. The summed E-state index contributed by atoms with van der Waals surface area (Å²) >= 11 is 12.7. The molecule has 0 spiro atoms. The van der Waals surface area contributed by atoms with Gasteiger partial charge in [-0.3, -0.25) is 4.79 Å². The van der Waals surface area contributed by atoms with Crippen LogP contribution in [0.5, 0.6) is 0 Å². The molecule has 5 nitrogen and oxygen atoms in total. The molecule has 1 N–H and O–H groups in total. The maximum absolute atomic E-state index is 12.1. The van der Waals surface area contributed by atoms with Crippen LogP contribution in [-0.4, -0.2) is 22.0 Å². The van der Waals surface area contributed by atoms with Crippen LogP contribution in [0, 0.1) is 0 Å².